The highest BCUT2D eigenvalue weighted by Gasteiger charge is 2.44. The van der Waals surface area contributed by atoms with Crippen LogP contribution in [0.4, 0.5) is 0 Å². The van der Waals surface area contributed by atoms with E-state index in [9.17, 15) is 30.6 Å². The van der Waals surface area contributed by atoms with Gasteiger partial charge in [0.05, 0.1) is 48.3 Å². The minimum atomic E-state index is -1.70. The molecule has 0 amide bonds. The number of rotatable bonds is 14. The molecule has 14 heteroatoms. The van der Waals surface area contributed by atoms with Crippen LogP contribution in [0.15, 0.2) is 30.3 Å². The Bertz CT molecular complexity index is 1140. The Balaban J connectivity index is 2.02. The standard InChI is InChI=1S/C28H38O14/c1-36-16-10-15(11-17(37-2)23(16)32)22(31)21(13-40-28-26(35)25(34)24(33)20(12-30)42-28)41-27-18(38-3)8-14(6-5-7-29)9-19(27)39-4/h5-6,8-11,20-22,24-26,28-35H,7,12-13H2,1-4H3/b6-5+/t20-,21+,22-,24-,25+,26-,28-/m1/s1. The van der Waals surface area contributed by atoms with Crippen LogP contribution >= 0.6 is 0 Å². The van der Waals surface area contributed by atoms with Crippen molar-refractivity contribution in [2.24, 2.45) is 0 Å². The van der Waals surface area contributed by atoms with Crippen molar-refractivity contribution in [3.63, 3.8) is 0 Å². The van der Waals surface area contributed by atoms with Gasteiger partial charge in [0.25, 0.3) is 0 Å². The van der Waals surface area contributed by atoms with E-state index in [0.717, 1.165) is 0 Å². The molecule has 1 fully saturated rings. The number of aliphatic hydroxyl groups excluding tert-OH is 6. The Kier molecular flexibility index (Phi) is 12.0. The summed E-state index contributed by atoms with van der Waals surface area (Å²) >= 11 is 0. The Morgan fingerprint density at radius 3 is 1.90 bits per heavy atom. The maximum Gasteiger partial charge on any atom is 0.204 e. The highest BCUT2D eigenvalue weighted by atomic mass is 16.7. The van der Waals surface area contributed by atoms with Gasteiger partial charge in [0.1, 0.15) is 30.5 Å². The number of ether oxygens (including phenoxy) is 7. The summed E-state index contributed by atoms with van der Waals surface area (Å²) in [5.74, 6) is 0.205. The Morgan fingerprint density at radius 1 is 0.833 bits per heavy atom. The van der Waals surface area contributed by atoms with Gasteiger partial charge < -0.3 is 68.9 Å². The van der Waals surface area contributed by atoms with E-state index in [1.807, 2.05) is 0 Å². The third-order valence-electron chi connectivity index (χ3n) is 6.64. The number of benzene rings is 2. The lowest BCUT2D eigenvalue weighted by atomic mass is 9.99. The van der Waals surface area contributed by atoms with Crippen LogP contribution < -0.4 is 23.7 Å². The second kappa shape index (κ2) is 15.2. The molecule has 0 bridgehead atoms. The Labute approximate surface area is 242 Å². The molecule has 1 aliphatic heterocycles. The van der Waals surface area contributed by atoms with Crippen molar-refractivity contribution in [2.75, 3.05) is 48.3 Å². The third-order valence-corrected chi connectivity index (χ3v) is 6.64. The van der Waals surface area contributed by atoms with E-state index < -0.39 is 56.1 Å². The van der Waals surface area contributed by atoms with Crippen molar-refractivity contribution in [1.82, 2.24) is 0 Å². The molecule has 0 saturated carbocycles. The van der Waals surface area contributed by atoms with Crippen LogP contribution in [0.2, 0.25) is 0 Å². The highest BCUT2D eigenvalue weighted by molar-refractivity contribution is 5.62. The molecule has 0 aliphatic carbocycles. The average Bonchev–Trinajstić information content (AvgIpc) is 3.01. The van der Waals surface area contributed by atoms with Gasteiger partial charge in [-0.1, -0.05) is 12.2 Å². The van der Waals surface area contributed by atoms with Gasteiger partial charge in [0, 0.05) is 0 Å². The molecule has 0 aromatic heterocycles. The summed E-state index contributed by atoms with van der Waals surface area (Å²) in [6.07, 6.45) is -7.35. The second-order valence-electron chi connectivity index (χ2n) is 9.25. The van der Waals surface area contributed by atoms with E-state index >= 15 is 0 Å². The molecule has 7 atom stereocenters. The summed E-state index contributed by atoms with van der Waals surface area (Å²) in [5.41, 5.74) is 0.803. The highest BCUT2D eigenvalue weighted by Crippen LogP contribution is 2.43. The average molecular weight is 599 g/mol. The Morgan fingerprint density at radius 2 is 1.40 bits per heavy atom. The van der Waals surface area contributed by atoms with E-state index in [0.29, 0.717) is 5.56 Å². The van der Waals surface area contributed by atoms with Gasteiger partial charge in [-0.15, -0.1) is 0 Å². The van der Waals surface area contributed by atoms with Gasteiger partial charge in [0.15, 0.2) is 35.4 Å². The summed E-state index contributed by atoms with van der Waals surface area (Å²) in [4.78, 5) is 0. The van der Waals surface area contributed by atoms with Gasteiger partial charge in [-0.05, 0) is 35.4 Å². The first-order valence-corrected chi connectivity index (χ1v) is 12.9. The first-order valence-electron chi connectivity index (χ1n) is 12.9. The minimum absolute atomic E-state index is 0.00665. The van der Waals surface area contributed by atoms with E-state index in [1.165, 1.54) is 46.6 Å². The van der Waals surface area contributed by atoms with Crippen LogP contribution in [0, 0.1) is 0 Å². The van der Waals surface area contributed by atoms with E-state index in [1.54, 1.807) is 18.2 Å². The van der Waals surface area contributed by atoms with Crippen molar-refractivity contribution < 1.29 is 68.9 Å². The van der Waals surface area contributed by atoms with Crippen LogP contribution in [0.5, 0.6) is 34.5 Å². The predicted octanol–water partition coefficient (Wildman–Crippen LogP) is -0.270. The van der Waals surface area contributed by atoms with Crippen LogP contribution in [0.3, 0.4) is 0 Å². The molecule has 7 N–H and O–H groups in total. The van der Waals surface area contributed by atoms with E-state index in [-0.39, 0.29) is 46.7 Å². The number of phenols is 1. The number of phenolic OH excluding ortho intramolecular Hbond substituents is 1. The number of aliphatic hydroxyl groups is 6. The smallest absolute Gasteiger partial charge is 0.204 e. The van der Waals surface area contributed by atoms with Gasteiger partial charge in [0.2, 0.25) is 11.5 Å². The third kappa shape index (κ3) is 7.35. The number of hydrogen-bond donors (Lipinski definition) is 7. The fraction of sp³-hybridized carbons (Fsp3) is 0.500. The van der Waals surface area contributed by atoms with Crippen molar-refractivity contribution in [2.45, 2.75) is 42.9 Å². The molecule has 0 spiro atoms. The largest absolute Gasteiger partial charge is 0.502 e. The van der Waals surface area contributed by atoms with E-state index in [4.69, 9.17) is 38.3 Å². The molecule has 0 unspecified atom stereocenters. The molecule has 234 valence electrons. The molecule has 42 heavy (non-hydrogen) atoms. The predicted molar refractivity (Wildman–Crippen MR) is 146 cm³/mol. The van der Waals surface area contributed by atoms with Crippen molar-refractivity contribution in [3.8, 4) is 34.5 Å². The molecular weight excluding hydrogens is 560 g/mol. The van der Waals surface area contributed by atoms with Crippen LogP contribution in [0.1, 0.15) is 17.2 Å². The number of hydrogen-bond acceptors (Lipinski definition) is 14. The van der Waals surface area contributed by atoms with Crippen molar-refractivity contribution in [3.05, 3.63) is 41.5 Å². The van der Waals surface area contributed by atoms with Crippen molar-refractivity contribution >= 4 is 6.08 Å². The lowest BCUT2D eigenvalue weighted by Crippen LogP contribution is -2.59. The zero-order chi connectivity index (χ0) is 31.0. The number of aromatic hydroxyl groups is 1. The van der Waals surface area contributed by atoms with Gasteiger partial charge >= 0.3 is 0 Å². The molecule has 1 heterocycles. The quantitative estimate of drug-likeness (QED) is 0.150. The van der Waals surface area contributed by atoms with Gasteiger partial charge in [-0.2, -0.15) is 0 Å². The fourth-order valence-electron chi connectivity index (χ4n) is 4.34. The van der Waals surface area contributed by atoms with E-state index in [2.05, 4.69) is 0 Å². The number of methoxy groups -OCH3 is 4. The normalized spacial score (nSPS) is 23.8. The molecule has 3 rings (SSSR count). The van der Waals surface area contributed by atoms with Crippen LogP contribution in [0.25, 0.3) is 6.08 Å². The molecule has 0 radical (unpaired) electrons. The van der Waals surface area contributed by atoms with Crippen molar-refractivity contribution in [1.29, 1.82) is 0 Å². The van der Waals surface area contributed by atoms with Gasteiger partial charge in [-0.25, -0.2) is 0 Å². The first kappa shape index (κ1) is 33.2. The van der Waals surface area contributed by atoms with Crippen LogP contribution in [-0.4, -0.2) is 121 Å². The van der Waals surface area contributed by atoms with Crippen LogP contribution in [-0.2, 0) is 9.47 Å². The Hall–Kier alpha value is -3.34. The molecule has 2 aromatic carbocycles. The molecule has 1 aliphatic rings. The molecule has 1 saturated heterocycles. The summed E-state index contributed by atoms with van der Waals surface area (Å²) in [6.45, 7) is -1.33. The maximum absolute atomic E-state index is 11.5. The topological polar surface area (TPSA) is 206 Å². The SMILES string of the molecule is COc1cc([C@@H](O)[C@H](CO[C@@H]2O[C@H](CO)[C@@H](O)[C@H](O)[C@H]2O)Oc2c(OC)cc(/C=C/CO)cc2OC)cc(OC)c1O. The fourth-order valence-corrected chi connectivity index (χ4v) is 4.34. The maximum atomic E-state index is 11.5. The second-order valence-corrected chi connectivity index (χ2v) is 9.25. The zero-order valence-electron chi connectivity index (χ0n) is 23.6. The molecule has 2 aromatic rings. The monoisotopic (exact) mass is 598 g/mol. The molecular formula is C28H38O14. The minimum Gasteiger partial charge on any atom is -0.502 e. The molecule has 14 nitrogen and oxygen atoms in total. The lowest BCUT2D eigenvalue weighted by Gasteiger charge is -2.40. The summed E-state index contributed by atoms with van der Waals surface area (Å²) < 4.78 is 38.7. The lowest BCUT2D eigenvalue weighted by molar-refractivity contribution is -0.305. The van der Waals surface area contributed by atoms with Gasteiger partial charge in [-0.3, -0.25) is 0 Å². The first-order chi connectivity index (χ1) is 20.1. The summed E-state index contributed by atoms with van der Waals surface area (Å²) in [6, 6.07) is 5.95. The summed E-state index contributed by atoms with van der Waals surface area (Å²) in [7, 11) is 5.44. The summed E-state index contributed by atoms with van der Waals surface area (Å²) in [5, 5.41) is 71.2. The zero-order valence-corrected chi connectivity index (χ0v) is 23.6.